The summed E-state index contributed by atoms with van der Waals surface area (Å²) in [6.07, 6.45) is 3.53. The number of fused-ring (bicyclic) bond motifs is 1. The number of nitrogens with one attached hydrogen (secondary N) is 3. The summed E-state index contributed by atoms with van der Waals surface area (Å²) >= 11 is 7.14. The van der Waals surface area contributed by atoms with E-state index in [1.807, 2.05) is 30.3 Å². The molecule has 7 heteroatoms. The molecule has 1 fully saturated rings. The minimum Gasteiger partial charge on any atom is -0.495 e. The highest BCUT2D eigenvalue weighted by molar-refractivity contribution is 9.11. The molecule has 1 saturated carbocycles. The van der Waals surface area contributed by atoms with Gasteiger partial charge in [-0.1, -0.05) is 34.5 Å². The summed E-state index contributed by atoms with van der Waals surface area (Å²) in [6, 6.07) is 13.8. The van der Waals surface area contributed by atoms with E-state index in [-0.39, 0.29) is 5.43 Å². The fourth-order valence-corrected chi connectivity index (χ4v) is 5.77. The van der Waals surface area contributed by atoms with Crippen LogP contribution in [-0.4, -0.2) is 24.7 Å². The van der Waals surface area contributed by atoms with E-state index in [4.69, 9.17) is 4.74 Å². The topological polar surface area (TPSA) is 66.2 Å². The van der Waals surface area contributed by atoms with E-state index >= 15 is 0 Å². The number of anilines is 1. The molecular weight excluding hydrogens is 510 g/mol. The molecule has 2 aromatic carbocycles. The van der Waals surface area contributed by atoms with Gasteiger partial charge in [-0.15, -0.1) is 0 Å². The first-order chi connectivity index (χ1) is 14.5. The maximum Gasteiger partial charge on any atom is 0.191 e. The van der Waals surface area contributed by atoms with Crippen LogP contribution in [0.5, 0.6) is 5.75 Å². The molecule has 4 rings (SSSR count). The zero-order chi connectivity index (χ0) is 21.1. The largest absolute Gasteiger partial charge is 0.495 e. The first-order valence-electron chi connectivity index (χ1n) is 10.2. The summed E-state index contributed by atoms with van der Waals surface area (Å²) in [4.78, 5) is 15.7. The number of ether oxygens (including phenoxy) is 1. The molecule has 0 amide bonds. The lowest BCUT2D eigenvalue weighted by Crippen LogP contribution is -2.35. The third kappa shape index (κ3) is 4.74. The van der Waals surface area contributed by atoms with Crippen molar-refractivity contribution in [2.75, 3.05) is 19.0 Å². The Morgan fingerprint density at radius 3 is 2.83 bits per heavy atom. The summed E-state index contributed by atoms with van der Waals surface area (Å²) in [7, 11) is 1.70. The molecule has 2 atom stereocenters. The fourth-order valence-electron chi connectivity index (χ4n) is 4.30. The zero-order valence-electron chi connectivity index (χ0n) is 16.8. The number of hydrogen-bond acceptors (Lipinski definition) is 4. The predicted molar refractivity (Wildman–Crippen MR) is 129 cm³/mol. The molecule has 1 aromatic heterocycles. The maximum absolute atomic E-state index is 12.3. The van der Waals surface area contributed by atoms with Gasteiger partial charge in [0.15, 0.2) is 5.43 Å². The molecule has 158 valence electrons. The Morgan fingerprint density at radius 1 is 1.17 bits per heavy atom. The first-order valence-corrected chi connectivity index (χ1v) is 11.7. The highest BCUT2D eigenvalue weighted by atomic mass is 79.9. The Morgan fingerprint density at radius 2 is 2.00 bits per heavy atom. The van der Waals surface area contributed by atoms with Gasteiger partial charge in [-0.3, -0.25) is 4.79 Å². The summed E-state index contributed by atoms with van der Waals surface area (Å²) < 4.78 is 7.54. The molecule has 0 bridgehead atoms. The molecule has 5 nitrogen and oxygen atoms in total. The SMILES string of the molecule is COc1c(Br)cc(Br)cc1CN[C@H]1CCC[C@@H]1CNc1cc(=O)c2ccccc2[nH]1. The van der Waals surface area contributed by atoms with Crippen molar-refractivity contribution in [2.45, 2.75) is 31.8 Å². The number of hydrogen-bond donors (Lipinski definition) is 3. The average molecular weight is 535 g/mol. The Labute approximate surface area is 192 Å². The molecule has 3 aromatic rings. The molecule has 1 aliphatic rings. The Kier molecular flexibility index (Phi) is 6.80. The number of halogens is 2. The third-order valence-electron chi connectivity index (χ3n) is 5.80. The number of aromatic amines is 1. The van der Waals surface area contributed by atoms with Crippen molar-refractivity contribution in [2.24, 2.45) is 5.92 Å². The second-order valence-electron chi connectivity index (χ2n) is 7.73. The van der Waals surface area contributed by atoms with Gasteiger partial charge in [0.05, 0.1) is 17.1 Å². The summed E-state index contributed by atoms with van der Waals surface area (Å²) in [5.41, 5.74) is 2.03. The van der Waals surface area contributed by atoms with Gasteiger partial charge < -0.3 is 20.4 Å². The number of pyridine rings is 1. The van der Waals surface area contributed by atoms with Crippen LogP contribution in [0.4, 0.5) is 5.82 Å². The van der Waals surface area contributed by atoms with Gasteiger partial charge >= 0.3 is 0 Å². The van der Waals surface area contributed by atoms with Crippen LogP contribution in [0.25, 0.3) is 10.9 Å². The molecule has 0 aliphatic heterocycles. The molecule has 1 heterocycles. The van der Waals surface area contributed by atoms with Crippen LogP contribution in [0.1, 0.15) is 24.8 Å². The van der Waals surface area contributed by atoms with Crippen molar-refractivity contribution < 1.29 is 4.74 Å². The normalized spacial score (nSPS) is 18.6. The van der Waals surface area contributed by atoms with E-state index in [1.165, 1.54) is 12.8 Å². The van der Waals surface area contributed by atoms with Crippen LogP contribution in [0.3, 0.4) is 0 Å². The van der Waals surface area contributed by atoms with E-state index < -0.39 is 0 Å². The van der Waals surface area contributed by atoms with Crippen molar-refractivity contribution in [1.29, 1.82) is 0 Å². The third-order valence-corrected chi connectivity index (χ3v) is 6.84. The molecule has 1 aliphatic carbocycles. The fraction of sp³-hybridized carbons (Fsp3) is 0.348. The smallest absolute Gasteiger partial charge is 0.191 e. The average Bonchev–Trinajstić information content (AvgIpc) is 3.18. The van der Waals surface area contributed by atoms with Gasteiger partial charge in [0.1, 0.15) is 11.6 Å². The zero-order valence-corrected chi connectivity index (χ0v) is 20.0. The van der Waals surface area contributed by atoms with Gasteiger partial charge in [-0.2, -0.15) is 0 Å². The number of rotatable bonds is 7. The second kappa shape index (κ2) is 9.54. The Balaban J connectivity index is 1.41. The van der Waals surface area contributed by atoms with E-state index in [1.54, 1.807) is 13.2 Å². The lowest BCUT2D eigenvalue weighted by Gasteiger charge is -2.23. The molecule has 0 unspecified atom stereocenters. The van der Waals surface area contributed by atoms with E-state index in [9.17, 15) is 4.79 Å². The van der Waals surface area contributed by atoms with Gasteiger partial charge in [-0.05, 0) is 59.0 Å². The van der Waals surface area contributed by atoms with Crippen LogP contribution < -0.4 is 20.8 Å². The number of methoxy groups -OCH3 is 1. The van der Waals surface area contributed by atoms with Crippen LogP contribution >= 0.6 is 31.9 Å². The first kappa shape index (κ1) is 21.4. The van der Waals surface area contributed by atoms with Crippen molar-refractivity contribution in [3.05, 3.63) is 67.2 Å². The Bertz CT molecular complexity index is 1100. The highest BCUT2D eigenvalue weighted by Crippen LogP contribution is 2.33. The lowest BCUT2D eigenvalue weighted by atomic mass is 10.0. The number of aromatic nitrogens is 1. The van der Waals surface area contributed by atoms with Gasteiger partial charge in [0.25, 0.3) is 0 Å². The lowest BCUT2D eigenvalue weighted by molar-refractivity contribution is 0.389. The number of benzene rings is 2. The number of para-hydroxylation sites is 1. The van der Waals surface area contributed by atoms with Crippen molar-refractivity contribution in [3.63, 3.8) is 0 Å². The maximum atomic E-state index is 12.3. The molecular formula is C23H25Br2N3O2. The highest BCUT2D eigenvalue weighted by Gasteiger charge is 2.27. The number of H-pyrrole nitrogens is 1. The van der Waals surface area contributed by atoms with E-state index in [0.29, 0.717) is 12.0 Å². The molecule has 30 heavy (non-hydrogen) atoms. The molecule has 0 spiro atoms. The van der Waals surface area contributed by atoms with E-state index in [2.05, 4.69) is 53.5 Å². The van der Waals surface area contributed by atoms with Crippen molar-refractivity contribution in [3.8, 4) is 5.75 Å². The standard InChI is InChI=1S/C23H25Br2N3O2/c1-30-23-15(9-16(24)10-18(23)25)13-26-19-8-4-5-14(19)12-27-22-11-21(29)17-6-2-3-7-20(17)28-22/h2-3,6-7,9-11,14,19,26H,4-5,8,12-13H2,1H3,(H2,27,28,29)/t14-,19+/m1/s1. The second-order valence-corrected chi connectivity index (χ2v) is 9.50. The van der Waals surface area contributed by atoms with Gasteiger partial charge in [0.2, 0.25) is 0 Å². The summed E-state index contributed by atoms with van der Waals surface area (Å²) in [5.74, 6) is 2.15. The van der Waals surface area contributed by atoms with E-state index in [0.717, 1.165) is 56.5 Å². The summed E-state index contributed by atoms with van der Waals surface area (Å²) in [6.45, 7) is 1.57. The minimum absolute atomic E-state index is 0.0419. The van der Waals surface area contributed by atoms with Crippen LogP contribution in [0.15, 0.2) is 56.2 Å². The van der Waals surface area contributed by atoms with Gasteiger partial charge in [0, 0.05) is 40.6 Å². The molecule has 3 N–H and O–H groups in total. The quantitative estimate of drug-likeness (QED) is 0.378. The Hall–Kier alpha value is -1.83. The van der Waals surface area contributed by atoms with Gasteiger partial charge in [-0.25, -0.2) is 0 Å². The molecule has 0 radical (unpaired) electrons. The monoisotopic (exact) mass is 533 g/mol. The van der Waals surface area contributed by atoms with Crippen molar-refractivity contribution in [1.82, 2.24) is 10.3 Å². The predicted octanol–water partition coefficient (Wildman–Crippen LogP) is 5.43. The van der Waals surface area contributed by atoms with Crippen LogP contribution in [0, 0.1) is 5.92 Å². The van der Waals surface area contributed by atoms with Crippen LogP contribution in [-0.2, 0) is 6.54 Å². The minimum atomic E-state index is 0.0419. The molecule has 0 saturated heterocycles. The van der Waals surface area contributed by atoms with Crippen molar-refractivity contribution >= 4 is 48.6 Å². The van der Waals surface area contributed by atoms with Crippen LogP contribution in [0.2, 0.25) is 0 Å². The summed E-state index contributed by atoms with van der Waals surface area (Å²) in [5, 5.41) is 7.89.